The first-order valence-electron chi connectivity index (χ1n) is 8.56. The number of aliphatic imine (C=N–C) groups is 1. The van der Waals surface area contributed by atoms with Crippen LogP contribution in [0, 0.1) is 6.92 Å². The Morgan fingerprint density at radius 2 is 2.08 bits per heavy atom. The van der Waals surface area contributed by atoms with Crippen LogP contribution in [0.5, 0.6) is 0 Å². The summed E-state index contributed by atoms with van der Waals surface area (Å²) in [6.07, 6.45) is 5.85. The maximum absolute atomic E-state index is 5.82. The molecule has 0 spiro atoms. The monoisotopic (exact) mass is 395 g/mol. The van der Waals surface area contributed by atoms with Crippen LogP contribution in [0.2, 0.25) is 5.15 Å². The highest BCUT2D eigenvalue weighted by Crippen LogP contribution is 2.05. The third-order valence-electron chi connectivity index (χ3n) is 3.87. The van der Waals surface area contributed by atoms with Gasteiger partial charge >= 0.3 is 0 Å². The summed E-state index contributed by atoms with van der Waals surface area (Å²) in [4.78, 5) is 8.75. The zero-order valence-corrected chi connectivity index (χ0v) is 17.1. The molecule has 2 heterocycles. The first-order chi connectivity index (χ1) is 12.6. The molecule has 0 fully saturated rings. The second-order valence-electron chi connectivity index (χ2n) is 5.83. The van der Waals surface area contributed by atoms with Gasteiger partial charge in [-0.2, -0.15) is 11.8 Å². The van der Waals surface area contributed by atoms with Crippen molar-refractivity contribution in [3.8, 4) is 0 Å². The summed E-state index contributed by atoms with van der Waals surface area (Å²) in [6, 6.07) is 3.80. The number of pyridine rings is 1. The minimum Gasteiger partial charge on any atom is -0.356 e. The SMILES string of the molecule is CSCCCNC(=NCc1nnc(C)n1C)NCCc1ccc(Cl)nc1. The Hall–Kier alpha value is -1.80. The summed E-state index contributed by atoms with van der Waals surface area (Å²) in [5, 5.41) is 15.5. The Kier molecular flexibility index (Phi) is 8.70. The molecule has 2 N–H and O–H groups in total. The van der Waals surface area contributed by atoms with Crippen LogP contribution in [0.1, 0.15) is 23.6 Å². The summed E-state index contributed by atoms with van der Waals surface area (Å²) >= 11 is 7.67. The van der Waals surface area contributed by atoms with Gasteiger partial charge < -0.3 is 15.2 Å². The zero-order chi connectivity index (χ0) is 18.8. The Labute approximate surface area is 164 Å². The Balaban J connectivity index is 1.90. The van der Waals surface area contributed by atoms with E-state index in [0.29, 0.717) is 11.7 Å². The van der Waals surface area contributed by atoms with Crippen molar-refractivity contribution in [3.63, 3.8) is 0 Å². The van der Waals surface area contributed by atoms with E-state index in [1.807, 2.05) is 42.4 Å². The van der Waals surface area contributed by atoms with Crippen LogP contribution in [0.25, 0.3) is 0 Å². The van der Waals surface area contributed by atoms with Gasteiger partial charge in [0.05, 0.1) is 0 Å². The average Bonchev–Trinajstić information content (AvgIpc) is 2.96. The number of nitrogens with one attached hydrogen (secondary N) is 2. The number of guanidine groups is 1. The highest BCUT2D eigenvalue weighted by Gasteiger charge is 2.05. The predicted molar refractivity (Wildman–Crippen MR) is 109 cm³/mol. The lowest BCUT2D eigenvalue weighted by molar-refractivity contribution is 0.742. The maximum atomic E-state index is 5.82. The molecular formula is C17H26ClN7S. The van der Waals surface area contributed by atoms with Gasteiger partial charge in [-0.3, -0.25) is 0 Å². The summed E-state index contributed by atoms with van der Waals surface area (Å²) in [5.74, 6) is 3.63. The highest BCUT2D eigenvalue weighted by atomic mass is 35.5. The van der Waals surface area contributed by atoms with Gasteiger partial charge in [0.2, 0.25) is 0 Å². The Morgan fingerprint density at radius 3 is 2.73 bits per heavy atom. The van der Waals surface area contributed by atoms with Crippen molar-refractivity contribution in [3.05, 3.63) is 40.7 Å². The molecule has 142 valence electrons. The molecule has 0 bridgehead atoms. The normalized spacial score (nSPS) is 11.6. The fourth-order valence-corrected chi connectivity index (χ4v) is 2.76. The molecule has 0 atom stereocenters. The molecule has 2 aromatic heterocycles. The summed E-state index contributed by atoms with van der Waals surface area (Å²) in [6.45, 7) is 4.06. The largest absolute Gasteiger partial charge is 0.356 e. The molecule has 0 saturated heterocycles. The van der Waals surface area contributed by atoms with E-state index in [1.165, 1.54) is 0 Å². The van der Waals surface area contributed by atoms with Crippen LogP contribution in [0.4, 0.5) is 0 Å². The molecule has 7 nitrogen and oxygen atoms in total. The van der Waals surface area contributed by atoms with E-state index in [1.54, 1.807) is 6.20 Å². The van der Waals surface area contributed by atoms with Crippen LogP contribution in [0.3, 0.4) is 0 Å². The van der Waals surface area contributed by atoms with Crippen molar-refractivity contribution < 1.29 is 0 Å². The molecule has 0 unspecified atom stereocenters. The number of thioether (sulfide) groups is 1. The molecule has 2 rings (SSSR count). The lowest BCUT2D eigenvalue weighted by atomic mass is 10.2. The van der Waals surface area contributed by atoms with Crippen LogP contribution in [-0.2, 0) is 20.0 Å². The summed E-state index contributed by atoms with van der Waals surface area (Å²) in [5.41, 5.74) is 1.13. The van der Waals surface area contributed by atoms with Gasteiger partial charge in [0.15, 0.2) is 11.8 Å². The van der Waals surface area contributed by atoms with E-state index in [4.69, 9.17) is 11.6 Å². The van der Waals surface area contributed by atoms with Crippen LogP contribution < -0.4 is 10.6 Å². The molecule has 9 heteroatoms. The molecule has 0 aliphatic rings. The first-order valence-corrected chi connectivity index (χ1v) is 10.3. The third kappa shape index (κ3) is 6.84. The van der Waals surface area contributed by atoms with E-state index in [0.717, 1.165) is 54.9 Å². The molecule has 26 heavy (non-hydrogen) atoms. The van der Waals surface area contributed by atoms with Gasteiger partial charge in [-0.25, -0.2) is 9.98 Å². The number of hydrogen-bond acceptors (Lipinski definition) is 5. The number of halogens is 1. The van der Waals surface area contributed by atoms with Crippen LogP contribution >= 0.6 is 23.4 Å². The van der Waals surface area contributed by atoms with Crippen molar-refractivity contribution >= 4 is 29.3 Å². The molecule has 0 aliphatic carbocycles. The number of rotatable bonds is 9. The van der Waals surface area contributed by atoms with Crippen molar-refractivity contribution in [1.82, 2.24) is 30.4 Å². The van der Waals surface area contributed by atoms with Gasteiger partial charge in [0, 0.05) is 26.3 Å². The topological polar surface area (TPSA) is 80.0 Å². The van der Waals surface area contributed by atoms with E-state index in [2.05, 4.69) is 37.1 Å². The summed E-state index contributed by atoms with van der Waals surface area (Å²) in [7, 11) is 1.95. The van der Waals surface area contributed by atoms with E-state index in [9.17, 15) is 0 Å². The van der Waals surface area contributed by atoms with E-state index in [-0.39, 0.29) is 0 Å². The van der Waals surface area contributed by atoms with Crippen molar-refractivity contribution in [2.24, 2.45) is 12.0 Å². The maximum Gasteiger partial charge on any atom is 0.191 e. The molecule has 0 radical (unpaired) electrons. The molecule has 0 saturated carbocycles. The Bertz CT molecular complexity index is 700. The van der Waals surface area contributed by atoms with Crippen molar-refractivity contribution in [2.75, 3.05) is 25.1 Å². The smallest absolute Gasteiger partial charge is 0.191 e. The molecule has 0 aliphatic heterocycles. The highest BCUT2D eigenvalue weighted by molar-refractivity contribution is 7.98. The lowest BCUT2D eigenvalue weighted by Gasteiger charge is -2.12. The number of nitrogens with zero attached hydrogens (tertiary/aromatic N) is 5. The standard InChI is InChI=1S/C17H26ClN7S/c1-13-23-24-16(25(13)2)12-22-17(19-8-4-10-26-3)20-9-7-14-5-6-15(18)21-11-14/h5-6,11H,4,7-10,12H2,1-3H3,(H2,19,20,22). The second-order valence-corrected chi connectivity index (χ2v) is 7.20. The number of aryl methyl sites for hydroxylation is 1. The third-order valence-corrected chi connectivity index (χ3v) is 4.79. The molecule has 0 amide bonds. The van der Waals surface area contributed by atoms with E-state index >= 15 is 0 Å². The summed E-state index contributed by atoms with van der Waals surface area (Å²) < 4.78 is 1.95. The molecular weight excluding hydrogens is 370 g/mol. The minimum absolute atomic E-state index is 0.484. The van der Waals surface area contributed by atoms with Crippen LogP contribution in [-0.4, -0.2) is 50.8 Å². The lowest BCUT2D eigenvalue weighted by Crippen LogP contribution is -2.39. The van der Waals surface area contributed by atoms with Gasteiger partial charge in [-0.15, -0.1) is 10.2 Å². The fourth-order valence-electron chi connectivity index (χ4n) is 2.22. The molecule has 2 aromatic rings. The first kappa shape index (κ1) is 20.5. The predicted octanol–water partition coefficient (Wildman–Crippen LogP) is 2.20. The number of hydrogen-bond donors (Lipinski definition) is 2. The Morgan fingerprint density at radius 1 is 1.27 bits per heavy atom. The molecule has 0 aromatic carbocycles. The quantitative estimate of drug-likeness (QED) is 0.293. The number of aromatic nitrogens is 4. The van der Waals surface area contributed by atoms with Crippen molar-refractivity contribution in [1.29, 1.82) is 0 Å². The minimum atomic E-state index is 0.484. The fraction of sp³-hybridized carbons (Fsp3) is 0.529. The van der Waals surface area contributed by atoms with Gasteiger partial charge in [0.1, 0.15) is 17.5 Å². The van der Waals surface area contributed by atoms with E-state index < -0.39 is 0 Å². The van der Waals surface area contributed by atoms with Gasteiger partial charge in [-0.05, 0) is 43.4 Å². The van der Waals surface area contributed by atoms with Gasteiger partial charge in [0.25, 0.3) is 0 Å². The average molecular weight is 396 g/mol. The van der Waals surface area contributed by atoms with Gasteiger partial charge in [-0.1, -0.05) is 17.7 Å². The van der Waals surface area contributed by atoms with Crippen molar-refractivity contribution in [2.45, 2.75) is 26.3 Å². The second kappa shape index (κ2) is 11.0. The van der Waals surface area contributed by atoms with Crippen LogP contribution in [0.15, 0.2) is 23.3 Å². The zero-order valence-electron chi connectivity index (χ0n) is 15.5.